The van der Waals surface area contributed by atoms with E-state index in [0.29, 0.717) is 6.04 Å². The average Bonchev–Trinajstić information content (AvgIpc) is 3.06. The van der Waals surface area contributed by atoms with E-state index >= 15 is 0 Å². The van der Waals surface area contributed by atoms with E-state index in [4.69, 9.17) is 0 Å². The first kappa shape index (κ1) is 11.5. The molecule has 0 aromatic carbocycles. The summed E-state index contributed by atoms with van der Waals surface area (Å²) in [5.41, 5.74) is 3.54. The molecule has 3 nitrogen and oxygen atoms in total. The Balaban J connectivity index is 1.87. The highest BCUT2D eigenvalue weighted by Gasteiger charge is 2.24. The summed E-state index contributed by atoms with van der Waals surface area (Å²) >= 11 is 0. The minimum absolute atomic E-state index is 0.156. The molecule has 0 spiro atoms. The summed E-state index contributed by atoms with van der Waals surface area (Å²) in [7, 11) is 0. The highest BCUT2D eigenvalue weighted by Crippen LogP contribution is 2.35. The fourth-order valence-corrected chi connectivity index (χ4v) is 2.02. The van der Waals surface area contributed by atoms with Gasteiger partial charge in [0.2, 0.25) is 0 Å². The molecule has 3 heteroatoms. The van der Waals surface area contributed by atoms with Crippen LogP contribution in [0.2, 0.25) is 0 Å². The normalized spacial score (nSPS) is 15.9. The fourth-order valence-electron chi connectivity index (χ4n) is 2.02. The third-order valence-corrected chi connectivity index (χ3v) is 3.45. The molecule has 1 aliphatic carbocycles. The lowest BCUT2D eigenvalue weighted by molar-refractivity contribution is 0.587. The van der Waals surface area contributed by atoms with Gasteiger partial charge in [-0.25, -0.2) is 0 Å². The largest absolute Gasteiger partial charge is 0.269 e. The van der Waals surface area contributed by atoms with Crippen LogP contribution in [0.4, 0.5) is 0 Å². The van der Waals surface area contributed by atoms with Crippen molar-refractivity contribution in [3.63, 3.8) is 0 Å². The molecular formula is C15H19N3. The first-order chi connectivity index (χ1) is 8.54. The van der Waals surface area contributed by atoms with Gasteiger partial charge in [0.05, 0.1) is 17.9 Å². The van der Waals surface area contributed by atoms with Crippen molar-refractivity contribution in [2.75, 3.05) is 0 Å². The SMILES string of the molecule is CC(C)(C)c1ccc(-c2cnn(C3CC3)c2)nc1. The molecule has 3 rings (SSSR count). The van der Waals surface area contributed by atoms with Gasteiger partial charge < -0.3 is 0 Å². The number of rotatable bonds is 2. The summed E-state index contributed by atoms with van der Waals surface area (Å²) in [6.07, 6.45) is 8.52. The standard InChI is InChI=1S/C15H19N3/c1-15(2,3)12-4-7-14(16-9-12)11-8-17-18(10-11)13-5-6-13/h4,7-10,13H,5-6H2,1-3H3. The summed E-state index contributed by atoms with van der Waals surface area (Å²) in [6.45, 7) is 6.61. The molecule has 1 aliphatic rings. The van der Waals surface area contributed by atoms with Gasteiger partial charge in [0, 0.05) is 18.0 Å². The molecule has 18 heavy (non-hydrogen) atoms. The van der Waals surface area contributed by atoms with Crippen molar-refractivity contribution in [3.8, 4) is 11.3 Å². The van der Waals surface area contributed by atoms with E-state index in [0.717, 1.165) is 11.3 Å². The highest BCUT2D eigenvalue weighted by atomic mass is 15.3. The third kappa shape index (κ3) is 2.17. The van der Waals surface area contributed by atoms with Gasteiger partial charge in [-0.3, -0.25) is 9.67 Å². The van der Waals surface area contributed by atoms with E-state index in [1.807, 2.05) is 12.4 Å². The van der Waals surface area contributed by atoms with Crippen LogP contribution < -0.4 is 0 Å². The van der Waals surface area contributed by atoms with Gasteiger partial charge >= 0.3 is 0 Å². The van der Waals surface area contributed by atoms with Crippen molar-refractivity contribution < 1.29 is 0 Å². The molecule has 2 aromatic rings. The molecule has 0 amide bonds. The smallest absolute Gasteiger partial charge is 0.0733 e. The molecule has 2 aromatic heterocycles. The van der Waals surface area contributed by atoms with Gasteiger partial charge in [-0.05, 0) is 29.9 Å². The van der Waals surface area contributed by atoms with E-state index < -0.39 is 0 Å². The molecule has 94 valence electrons. The average molecular weight is 241 g/mol. The Labute approximate surface area is 108 Å². The number of nitrogens with zero attached hydrogens (tertiary/aromatic N) is 3. The van der Waals surface area contributed by atoms with Crippen LogP contribution in [-0.2, 0) is 5.41 Å². The van der Waals surface area contributed by atoms with Crippen molar-refractivity contribution in [2.24, 2.45) is 0 Å². The van der Waals surface area contributed by atoms with Crippen molar-refractivity contribution in [2.45, 2.75) is 45.1 Å². The summed E-state index contributed by atoms with van der Waals surface area (Å²) in [4.78, 5) is 4.56. The maximum atomic E-state index is 4.56. The van der Waals surface area contributed by atoms with Crippen LogP contribution in [0.5, 0.6) is 0 Å². The molecule has 1 saturated carbocycles. The molecule has 0 atom stereocenters. The predicted molar refractivity (Wildman–Crippen MR) is 72.4 cm³/mol. The van der Waals surface area contributed by atoms with Gasteiger partial charge in [0.25, 0.3) is 0 Å². The van der Waals surface area contributed by atoms with E-state index in [2.05, 4.69) is 53.9 Å². The first-order valence-electron chi connectivity index (χ1n) is 6.55. The van der Waals surface area contributed by atoms with Gasteiger partial charge in [-0.15, -0.1) is 0 Å². The van der Waals surface area contributed by atoms with E-state index in [1.165, 1.54) is 18.4 Å². The van der Waals surface area contributed by atoms with Crippen LogP contribution in [0, 0.1) is 0 Å². The lowest BCUT2D eigenvalue weighted by Gasteiger charge is -2.18. The molecule has 0 aliphatic heterocycles. The van der Waals surface area contributed by atoms with Gasteiger partial charge in [-0.1, -0.05) is 26.8 Å². The van der Waals surface area contributed by atoms with Crippen molar-refractivity contribution >= 4 is 0 Å². The van der Waals surface area contributed by atoms with Crippen molar-refractivity contribution in [1.82, 2.24) is 14.8 Å². The van der Waals surface area contributed by atoms with Crippen LogP contribution in [0.1, 0.15) is 45.2 Å². The molecule has 0 unspecified atom stereocenters. The van der Waals surface area contributed by atoms with Crippen LogP contribution in [0.25, 0.3) is 11.3 Å². The number of aromatic nitrogens is 3. The lowest BCUT2D eigenvalue weighted by atomic mass is 9.88. The quantitative estimate of drug-likeness (QED) is 0.804. The summed E-state index contributed by atoms with van der Waals surface area (Å²) in [6, 6.07) is 4.89. The fraction of sp³-hybridized carbons (Fsp3) is 0.467. The Hall–Kier alpha value is -1.64. The second kappa shape index (κ2) is 3.94. The zero-order chi connectivity index (χ0) is 12.8. The Morgan fingerprint density at radius 1 is 1.17 bits per heavy atom. The summed E-state index contributed by atoms with van der Waals surface area (Å²) in [5, 5.41) is 4.40. The predicted octanol–water partition coefficient (Wildman–Crippen LogP) is 3.58. The highest BCUT2D eigenvalue weighted by molar-refractivity contribution is 5.57. The minimum Gasteiger partial charge on any atom is -0.269 e. The second-order valence-corrected chi connectivity index (χ2v) is 6.12. The molecule has 0 bridgehead atoms. The van der Waals surface area contributed by atoms with E-state index in [9.17, 15) is 0 Å². The maximum Gasteiger partial charge on any atom is 0.0733 e. The number of hydrogen-bond acceptors (Lipinski definition) is 2. The molecule has 0 saturated heterocycles. The molecule has 0 radical (unpaired) electrons. The molecule has 0 N–H and O–H groups in total. The maximum absolute atomic E-state index is 4.56. The molecular weight excluding hydrogens is 222 g/mol. The Morgan fingerprint density at radius 3 is 2.50 bits per heavy atom. The topological polar surface area (TPSA) is 30.7 Å². The van der Waals surface area contributed by atoms with Gasteiger partial charge in [0.1, 0.15) is 0 Å². The van der Waals surface area contributed by atoms with E-state index in [1.54, 1.807) is 0 Å². The van der Waals surface area contributed by atoms with Gasteiger partial charge in [0.15, 0.2) is 0 Å². The van der Waals surface area contributed by atoms with Crippen molar-refractivity contribution in [3.05, 3.63) is 36.3 Å². The lowest BCUT2D eigenvalue weighted by Crippen LogP contribution is -2.11. The van der Waals surface area contributed by atoms with Gasteiger partial charge in [-0.2, -0.15) is 5.10 Å². The van der Waals surface area contributed by atoms with Crippen molar-refractivity contribution in [1.29, 1.82) is 0 Å². The van der Waals surface area contributed by atoms with E-state index in [-0.39, 0.29) is 5.41 Å². The monoisotopic (exact) mass is 241 g/mol. The molecule has 1 fully saturated rings. The zero-order valence-electron chi connectivity index (χ0n) is 11.2. The summed E-state index contributed by atoms with van der Waals surface area (Å²) in [5.74, 6) is 0. The zero-order valence-corrected chi connectivity index (χ0v) is 11.2. The molecule has 2 heterocycles. The third-order valence-electron chi connectivity index (χ3n) is 3.45. The van der Waals surface area contributed by atoms with Crippen LogP contribution in [-0.4, -0.2) is 14.8 Å². The number of hydrogen-bond donors (Lipinski definition) is 0. The first-order valence-corrected chi connectivity index (χ1v) is 6.55. The Morgan fingerprint density at radius 2 is 1.94 bits per heavy atom. The summed E-state index contributed by atoms with van der Waals surface area (Å²) < 4.78 is 2.06. The number of pyridine rings is 1. The van der Waals surface area contributed by atoms with Crippen LogP contribution in [0.3, 0.4) is 0 Å². The Kier molecular flexibility index (Phi) is 2.51. The minimum atomic E-state index is 0.156. The van der Waals surface area contributed by atoms with Crippen LogP contribution in [0.15, 0.2) is 30.7 Å². The van der Waals surface area contributed by atoms with Crippen LogP contribution >= 0.6 is 0 Å². The Bertz CT molecular complexity index is 542. The second-order valence-electron chi connectivity index (χ2n) is 6.12.